The Hall–Kier alpha value is -2.03. The van der Waals surface area contributed by atoms with Crippen LogP contribution in [-0.2, 0) is 0 Å². The van der Waals surface area contributed by atoms with Gasteiger partial charge in [0.2, 0.25) is 0 Å². The average Bonchev–Trinajstić information content (AvgIpc) is 2.33. The maximum Gasteiger partial charge on any atom is 0.193 e. The molecule has 0 atom stereocenters. The molecule has 0 radical (unpaired) electrons. The van der Waals surface area contributed by atoms with Crippen molar-refractivity contribution in [3.63, 3.8) is 0 Å². The Balaban J connectivity index is 2.50. The van der Waals surface area contributed by atoms with E-state index in [1.807, 2.05) is 0 Å². The Bertz CT molecular complexity index is 617. The molecule has 0 aromatic heterocycles. The monoisotopic (exact) mass is 260 g/mol. The van der Waals surface area contributed by atoms with Crippen LogP contribution < -0.4 is 0 Å². The summed E-state index contributed by atoms with van der Waals surface area (Å²) in [4.78, 5) is 12.3. The number of aryl methyl sites for hydroxylation is 3. The molecule has 0 fully saturated rings. The van der Waals surface area contributed by atoms with E-state index in [2.05, 4.69) is 0 Å². The summed E-state index contributed by atoms with van der Waals surface area (Å²) in [6, 6.07) is 7.16. The fourth-order valence-corrected chi connectivity index (χ4v) is 2.11. The number of carbonyl (C=O) groups excluding carboxylic acids is 1. The molecule has 0 heterocycles. The normalized spacial score (nSPS) is 10.6. The first-order valence-corrected chi connectivity index (χ1v) is 5.97. The minimum atomic E-state index is -0.445. The lowest BCUT2D eigenvalue weighted by atomic mass is 9.98. The number of carbonyl (C=O) groups is 1. The lowest BCUT2D eigenvalue weighted by Gasteiger charge is -2.07. The first-order valence-electron chi connectivity index (χ1n) is 5.97. The van der Waals surface area contributed by atoms with E-state index in [4.69, 9.17) is 0 Å². The average molecular weight is 260 g/mol. The minimum absolute atomic E-state index is 0.280. The summed E-state index contributed by atoms with van der Waals surface area (Å²) in [7, 11) is 0. The smallest absolute Gasteiger partial charge is 0.193 e. The molecule has 0 spiro atoms. The van der Waals surface area contributed by atoms with Gasteiger partial charge in [0.15, 0.2) is 5.78 Å². The van der Waals surface area contributed by atoms with Crippen molar-refractivity contribution in [2.75, 3.05) is 0 Å². The van der Waals surface area contributed by atoms with E-state index < -0.39 is 5.82 Å². The van der Waals surface area contributed by atoms with E-state index >= 15 is 0 Å². The zero-order chi connectivity index (χ0) is 14.2. The third-order valence-corrected chi connectivity index (χ3v) is 3.00. The third kappa shape index (κ3) is 2.70. The van der Waals surface area contributed by atoms with Crippen molar-refractivity contribution in [1.82, 2.24) is 0 Å². The second-order valence-electron chi connectivity index (χ2n) is 4.77. The lowest BCUT2D eigenvalue weighted by Crippen LogP contribution is -2.04. The topological polar surface area (TPSA) is 17.1 Å². The summed E-state index contributed by atoms with van der Waals surface area (Å²) in [5.74, 6) is -1.06. The molecule has 0 aliphatic carbocycles. The molecule has 3 heteroatoms. The van der Waals surface area contributed by atoms with Crippen molar-refractivity contribution in [3.8, 4) is 0 Å². The molecule has 2 rings (SSSR count). The molecule has 2 aromatic rings. The quantitative estimate of drug-likeness (QED) is 0.742. The Labute approximate surface area is 110 Å². The van der Waals surface area contributed by atoms with Gasteiger partial charge < -0.3 is 0 Å². The standard InChI is InChI=1S/C16H14F2O/c1-9-4-12(8-14(17)5-9)16(19)13-6-10(2)15(18)11(3)7-13/h4-8H,1-3H3. The third-order valence-electron chi connectivity index (χ3n) is 3.00. The van der Waals surface area contributed by atoms with E-state index in [0.29, 0.717) is 22.3 Å². The minimum Gasteiger partial charge on any atom is -0.289 e. The molecule has 1 nitrogen and oxygen atoms in total. The molecule has 2 aromatic carbocycles. The fraction of sp³-hybridized carbons (Fsp3) is 0.188. The highest BCUT2D eigenvalue weighted by Gasteiger charge is 2.13. The van der Waals surface area contributed by atoms with Crippen molar-refractivity contribution in [2.45, 2.75) is 20.8 Å². The second-order valence-corrected chi connectivity index (χ2v) is 4.77. The van der Waals surface area contributed by atoms with Crippen molar-refractivity contribution in [2.24, 2.45) is 0 Å². The molecule has 0 saturated carbocycles. The van der Waals surface area contributed by atoms with Crippen molar-refractivity contribution in [3.05, 3.63) is 69.8 Å². The van der Waals surface area contributed by atoms with Crippen LogP contribution in [0.4, 0.5) is 8.78 Å². The zero-order valence-electron chi connectivity index (χ0n) is 11.1. The molecule has 98 valence electrons. The number of hydrogen-bond donors (Lipinski definition) is 0. The molecule has 0 saturated heterocycles. The van der Waals surface area contributed by atoms with E-state index in [1.54, 1.807) is 26.8 Å². The van der Waals surface area contributed by atoms with Crippen LogP contribution in [0.1, 0.15) is 32.6 Å². The number of rotatable bonds is 2. The van der Waals surface area contributed by atoms with Crippen LogP contribution in [-0.4, -0.2) is 5.78 Å². The Morgan fingerprint density at radius 3 is 1.89 bits per heavy atom. The second kappa shape index (κ2) is 4.92. The van der Waals surface area contributed by atoms with Gasteiger partial charge in [-0.2, -0.15) is 0 Å². The maximum atomic E-state index is 13.5. The number of hydrogen-bond acceptors (Lipinski definition) is 1. The van der Waals surface area contributed by atoms with Gasteiger partial charge in [0, 0.05) is 11.1 Å². The van der Waals surface area contributed by atoms with Gasteiger partial charge in [-0.1, -0.05) is 0 Å². The van der Waals surface area contributed by atoms with Crippen LogP contribution in [0.25, 0.3) is 0 Å². The highest BCUT2D eigenvalue weighted by molar-refractivity contribution is 6.09. The molecule has 0 aliphatic rings. The van der Waals surface area contributed by atoms with Crippen LogP contribution in [0, 0.1) is 32.4 Å². The summed E-state index contributed by atoms with van der Waals surface area (Å²) in [6.45, 7) is 4.94. The van der Waals surface area contributed by atoms with Crippen molar-refractivity contribution < 1.29 is 13.6 Å². The van der Waals surface area contributed by atoms with Gasteiger partial charge in [-0.25, -0.2) is 8.78 Å². The lowest BCUT2D eigenvalue weighted by molar-refractivity contribution is 0.103. The van der Waals surface area contributed by atoms with E-state index in [-0.39, 0.29) is 17.2 Å². The number of halogens is 2. The summed E-state index contributed by atoms with van der Waals surface area (Å²) < 4.78 is 26.8. The Morgan fingerprint density at radius 2 is 1.37 bits per heavy atom. The SMILES string of the molecule is Cc1cc(F)cc(C(=O)c2cc(C)c(F)c(C)c2)c1. The van der Waals surface area contributed by atoms with Crippen LogP contribution in [0.3, 0.4) is 0 Å². The summed E-state index contributed by atoms with van der Waals surface area (Å²) in [5.41, 5.74) is 2.16. The van der Waals surface area contributed by atoms with Crippen molar-refractivity contribution in [1.29, 1.82) is 0 Å². The molecular weight excluding hydrogens is 246 g/mol. The molecule has 0 N–H and O–H groups in total. The van der Waals surface area contributed by atoms with Crippen LogP contribution in [0.2, 0.25) is 0 Å². The van der Waals surface area contributed by atoms with Gasteiger partial charge in [0.05, 0.1) is 0 Å². The Kier molecular flexibility index (Phi) is 3.47. The molecule has 0 bridgehead atoms. The van der Waals surface area contributed by atoms with Gasteiger partial charge in [0.25, 0.3) is 0 Å². The van der Waals surface area contributed by atoms with Crippen LogP contribution in [0.15, 0.2) is 30.3 Å². The van der Waals surface area contributed by atoms with Gasteiger partial charge in [0.1, 0.15) is 11.6 Å². The fourth-order valence-electron chi connectivity index (χ4n) is 2.11. The van der Waals surface area contributed by atoms with E-state index in [0.717, 1.165) is 0 Å². The summed E-state index contributed by atoms with van der Waals surface area (Å²) in [5, 5.41) is 0. The summed E-state index contributed by atoms with van der Waals surface area (Å²) in [6.07, 6.45) is 0. The van der Waals surface area contributed by atoms with Gasteiger partial charge in [-0.3, -0.25) is 4.79 Å². The van der Waals surface area contributed by atoms with Gasteiger partial charge in [-0.05, 0) is 67.8 Å². The molecule has 19 heavy (non-hydrogen) atoms. The highest BCUT2D eigenvalue weighted by atomic mass is 19.1. The van der Waals surface area contributed by atoms with Crippen LogP contribution in [0.5, 0.6) is 0 Å². The molecule has 0 unspecified atom stereocenters. The molecule has 0 aliphatic heterocycles. The Morgan fingerprint density at radius 1 is 0.842 bits per heavy atom. The predicted octanol–water partition coefficient (Wildman–Crippen LogP) is 4.12. The van der Waals surface area contributed by atoms with Crippen molar-refractivity contribution >= 4 is 5.78 Å². The van der Waals surface area contributed by atoms with Gasteiger partial charge in [-0.15, -0.1) is 0 Å². The first-order chi connectivity index (χ1) is 8.88. The largest absolute Gasteiger partial charge is 0.289 e. The zero-order valence-corrected chi connectivity index (χ0v) is 11.1. The first kappa shape index (κ1) is 13.4. The van der Waals surface area contributed by atoms with E-state index in [1.165, 1.54) is 24.3 Å². The summed E-state index contributed by atoms with van der Waals surface area (Å²) >= 11 is 0. The molecular formula is C16H14F2O. The maximum absolute atomic E-state index is 13.5. The van der Waals surface area contributed by atoms with Gasteiger partial charge >= 0.3 is 0 Å². The molecule has 0 amide bonds. The van der Waals surface area contributed by atoms with E-state index in [9.17, 15) is 13.6 Å². The highest BCUT2D eigenvalue weighted by Crippen LogP contribution is 2.19. The predicted molar refractivity (Wildman–Crippen MR) is 70.4 cm³/mol. The number of benzene rings is 2. The number of ketones is 1. The van der Waals surface area contributed by atoms with Crippen LogP contribution >= 0.6 is 0 Å².